The molecule has 4 nitrogen and oxygen atoms in total. The molecule has 0 aliphatic carbocycles. The Balaban J connectivity index is 2.24. The monoisotopic (exact) mass is 322 g/mol. The molecular formula is C14H19BrN4. The predicted octanol–water partition coefficient (Wildman–Crippen LogP) is 3.14. The average Bonchev–Trinajstić information content (AvgIpc) is 2.27. The van der Waals surface area contributed by atoms with Crippen LogP contribution in [0.5, 0.6) is 0 Å². The molecule has 0 bridgehead atoms. The molecule has 0 atom stereocenters. The quantitative estimate of drug-likeness (QED) is 0.938. The zero-order chi connectivity index (χ0) is 14.0. The highest BCUT2D eigenvalue weighted by atomic mass is 79.9. The van der Waals surface area contributed by atoms with Gasteiger partial charge in [-0.05, 0) is 46.1 Å². The molecule has 1 aromatic carbocycles. The molecule has 0 saturated heterocycles. The number of hydrogen-bond donors (Lipinski definition) is 1. The first-order chi connectivity index (χ1) is 8.85. The summed E-state index contributed by atoms with van der Waals surface area (Å²) in [4.78, 5) is 11.1. The zero-order valence-electron chi connectivity index (χ0n) is 11.7. The first kappa shape index (κ1) is 14.2. The summed E-state index contributed by atoms with van der Waals surface area (Å²) in [6, 6.07) is 6.00. The molecule has 5 heteroatoms. The number of anilines is 1. The van der Waals surface area contributed by atoms with Gasteiger partial charge in [-0.25, -0.2) is 9.97 Å². The van der Waals surface area contributed by atoms with Gasteiger partial charge < -0.3 is 10.2 Å². The summed E-state index contributed by atoms with van der Waals surface area (Å²) in [5.74, 6) is 0.668. The van der Waals surface area contributed by atoms with Crippen molar-refractivity contribution < 1.29 is 0 Å². The van der Waals surface area contributed by atoms with E-state index in [1.807, 2.05) is 24.4 Å². The van der Waals surface area contributed by atoms with Crippen molar-refractivity contribution in [3.05, 3.63) is 28.9 Å². The topological polar surface area (TPSA) is 41.0 Å². The van der Waals surface area contributed by atoms with Gasteiger partial charge in [0.05, 0.1) is 5.52 Å². The van der Waals surface area contributed by atoms with Gasteiger partial charge >= 0.3 is 0 Å². The number of benzene rings is 1. The Morgan fingerprint density at radius 1 is 1.32 bits per heavy atom. The van der Waals surface area contributed by atoms with E-state index < -0.39 is 0 Å². The molecule has 0 amide bonds. The normalized spacial score (nSPS) is 12.1. The summed E-state index contributed by atoms with van der Waals surface area (Å²) in [5, 5.41) is 4.41. The highest BCUT2D eigenvalue weighted by Crippen LogP contribution is 2.19. The van der Waals surface area contributed by atoms with E-state index in [0.29, 0.717) is 5.95 Å². The fraction of sp³-hybridized carbons (Fsp3) is 0.429. The molecule has 1 heterocycles. The van der Waals surface area contributed by atoms with Crippen molar-refractivity contribution in [2.24, 2.45) is 0 Å². The Hall–Kier alpha value is -1.20. The van der Waals surface area contributed by atoms with Crippen molar-refractivity contribution in [1.82, 2.24) is 14.9 Å². The number of rotatable bonds is 4. The maximum Gasteiger partial charge on any atom is 0.223 e. The van der Waals surface area contributed by atoms with Gasteiger partial charge in [0.25, 0.3) is 0 Å². The third kappa shape index (κ3) is 3.88. The Morgan fingerprint density at radius 3 is 2.74 bits per heavy atom. The van der Waals surface area contributed by atoms with Gasteiger partial charge in [0.1, 0.15) is 0 Å². The average molecular weight is 323 g/mol. The minimum absolute atomic E-state index is 0.0768. The van der Waals surface area contributed by atoms with E-state index in [4.69, 9.17) is 0 Å². The first-order valence-electron chi connectivity index (χ1n) is 6.21. The summed E-state index contributed by atoms with van der Waals surface area (Å²) in [6.07, 6.45) is 1.85. The second-order valence-electron chi connectivity index (χ2n) is 5.64. The summed E-state index contributed by atoms with van der Waals surface area (Å²) in [5.41, 5.74) is 0.869. The van der Waals surface area contributed by atoms with Crippen LogP contribution < -0.4 is 5.32 Å². The van der Waals surface area contributed by atoms with E-state index >= 15 is 0 Å². The van der Waals surface area contributed by atoms with Gasteiger partial charge in [-0.1, -0.05) is 15.9 Å². The smallest absolute Gasteiger partial charge is 0.223 e. The molecule has 102 valence electrons. The van der Waals surface area contributed by atoms with Gasteiger partial charge in [-0.15, -0.1) is 0 Å². The zero-order valence-corrected chi connectivity index (χ0v) is 13.3. The Labute approximate surface area is 122 Å². The molecule has 1 aromatic heterocycles. The summed E-state index contributed by atoms with van der Waals surface area (Å²) in [7, 11) is 4.12. The van der Waals surface area contributed by atoms with E-state index in [1.54, 1.807) is 0 Å². The van der Waals surface area contributed by atoms with Gasteiger partial charge in [0.2, 0.25) is 5.95 Å². The highest BCUT2D eigenvalue weighted by molar-refractivity contribution is 9.10. The van der Waals surface area contributed by atoms with Crippen LogP contribution in [-0.2, 0) is 0 Å². The minimum Gasteiger partial charge on any atom is -0.348 e. The lowest BCUT2D eigenvalue weighted by atomic mass is 10.1. The second kappa shape index (κ2) is 5.43. The van der Waals surface area contributed by atoms with Crippen LogP contribution in [0, 0.1) is 0 Å². The van der Waals surface area contributed by atoms with E-state index in [0.717, 1.165) is 21.9 Å². The fourth-order valence-corrected chi connectivity index (χ4v) is 2.58. The van der Waals surface area contributed by atoms with Crippen LogP contribution in [0.25, 0.3) is 10.9 Å². The Morgan fingerprint density at radius 2 is 2.05 bits per heavy atom. The van der Waals surface area contributed by atoms with Crippen molar-refractivity contribution in [3.8, 4) is 0 Å². The molecule has 0 unspecified atom stereocenters. The van der Waals surface area contributed by atoms with Gasteiger partial charge in [-0.2, -0.15) is 0 Å². The minimum atomic E-state index is -0.0768. The van der Waals surface area contributed by atoms with Crippen molar-refractivity contribution in [3.63, 3.8) is 0 Å². The number of fused-ring (bicyclic) bond motifs is 1. The number of likely N-dealkylation sites (N-methyl/N-ethyl adjacent to an activating group) is 1. The molecule has 19 heavy (non-hydrogen) atoms. The molecule has 0 spiro atoms. The van der Waals surface area contributed by atoms with Gasteiger partial charge in [0, 0.05) is 28.1 Å². The largest absolute Gasteiger partial charge is 0.348 e. The van der Waals surface area contributed by atoms with Crippen LogP contribution in [0.15, 0.2) is 28.9 Å². The van der Waals surface area contributed by atoms with Crippen molar-refractivity contribution in [2.45, 2.75) is 19.4 Å². The van der Waals surface area contributed by atoms with Crippen molar-refractivity contribution >= 4 is 32.8 Å². The molecule has 0 fully saturated rings. The Kier molecular flexibility index (Phi) is 4.06. The lowest BCUT2D eigenvalue weighted by Crippen LogP contribution is -2.41. The van der Waals surface area contributed by atoms with Crippen LogP contribution in [0.2, 0.25) is 0 Å². The van der Waals surface area contributed by atoms with Crippen LogP contribution in [-0.4, -0.2) is 41.0 Å². The molecular weight excluding hydrogens is 304 g/mol. The van der Waals surface area contributed by atoms with E-state index in [1.165, 1.54) is 0 Å². The van der Waals surface area contributed by atoms with Crippen LogP contribution in [0.3, 0.4) is 0 Å². The molecule has 1 N–H and O–H groups in total. The lowest BCUT2D eigenvalue weighted by Gasteiger charge is -2.29. The molecule has 0 aliphatic heterocycles. The lowest BCUT2D eigenvalue weighted by molar-refractivity contribution is 0.333. The molecule has 2 aromatic rings. The maximum absolute atomic E-state index is 4.55. The number of nitrogens with one attached hydrogen (secondary N) is 1. The molecule has 0 radical (unpaired) electrons. The number of halogens is 1. The van der Waals surface area contributed by atoms with Crippen LogP contribution in [0.1, 0.15) is 13.8 Å². The number of hydrogen-bond acceptors (Lipinski definition) is 4. The number of aromatic nitrogens is 2. The highest BCUT2D eigenvalue weighted by Gasteiger charge is 2.19. The van der Waals surface area contributed by atoms with E-state index in [2.05, 4.69) is 64.1 Å². The summed E-state index contributed by atoms with van der Waals surface area (Å²) in [6.45, 7) is 5.19. The third-order valence-corrected chi connectivity index (χ3v) is 3.20. The molecule has 0 saturated carbocycles. The summed E-state index contributed by atoms with van der Waals surface area (Å²) < 4.78 is 1.04. The summed E-state index contributed by atoms with van der Waals surface area (Å²) >= 11 is 3.45. The van der Waals surface area contributed by atoms with E-state index in [-0.39, 0.29) is 5.54 Å². The first-order valence-corrected chi connectivity index (χ1v) is 7.00. The standard InChI is InChI=1S/C14H19BrN4/c1-14(2,9-19(3)4)18-13-16-8-10-7-11(15)5-6-12(10)17-13/h5-8H,9H2,1-4H3,(H,16,17,18). The van der Waals surface area contributed by atoms with Crippen molar-refractivity contribution in [1.29, 1.82) is 0 Å². The predicted molar refractivity (Wildman–Crippen MR) is 83.5 cm³/mol. The SMILES string of the molecule is CN(C)CC(C)(C)Nc1ncc2cc(Br)ccc2n1. The van der Waals surface area contributed by atoms with Crippen molar-refractivity contribution in [2.75, 3.05) is 26.0 Å². The van der Waals surface area contributed by atoms with Crippen LogP contribution >= 0.6 is 15.9 Å². The number of nitrogens with zero attached hydrogens (tertiary/aromatic N) is 3. The van der Waals surface area contributed by atoms with E-state index in [9.17, 15) is 0 Å². The molecule has 0 aliphatic rings. The van der Waals surface area contributed by atoms with Crippen LogP contribution in [0.4, 0.5) is 5.95 Å². The fourth-order valence-electron chi connectivity index (χ4n) is 2.20. The van der Waals surface area contributed by atoms with Gasteiger partial charge in [0.15, 0.2) is 0 Å². The van der Waals surface area contributed by atoms with Gasteiger partial charge in [-0.3, -0.25) is 0 Å². The second-order valence-corrected chi connectivity index (χ2v) is 6.56. The molecule has 2 rings (SSSR count). The Bertz CT molecular complexity index is 581. The third-order valence-electron chi connectivity index (χ3n) is 2.70. The maximum atomic E-state index is 4.55.